The van der Waals surface area contributed by atoms with E-state index in [2.05, 4.69) is 66.9 Å². The topological polar surface area (TPSA) is 104 Å². The van der Waals surface area contributed by atoms with Crippen LogP contribution in [0.2, 0.25) is 0 Å². The molecule has 1 N–H and O–H groups in total. The number of hydrogen-bond acceptors (Lipinski definition) is 8. The lowest BCUT2D eigenvalue weighted by molar-refractivity contribution is -0.00824. The molecular formula is C31H39N4O6P. The number of nitrogens with one attached hydrogen (secondary N) is 1. The number of carbonyl (C=O) groups is 1. The summed E-state index contributed by atoms with van der Waals surface area (Å²) in [6.07, 6.45) is -0.439. The van der Waals surface area contributed by atoms with Gasteiger partial charge in [0.2, 0.25) is 0 Å². The lowest BCUT2D eigenvalue weighted by Gasteiger charge is -2.36. The van der Waals surface area contributed by atoms with Gasteiger partial charge in [-0.3, -0.25) is 9.88 Å². The fourth-order valence-electron chi connectivity index (χ4n) is 5.71. The van der Waals surface area contributed by atoms with E-state index in [0.717, 1.165) is 22.3 Å². The van der Waals surface area contributed by atoms with Crippen molar-refractivity contribution in [1.29, 1.82) is 0 Å². The zero-order valence-electron chi connectivity index (χ0n) is 25.6. The molecular weight excluding hydrogens is 555 g/mol. The minimum absolute atomic E-state index is 0.0268. The predicted octanol–water partition coefficient (Wildman–Crippen LogP) is 6.29. The third kappa shape index (κ3) is 6.28. The van der Waals surface area contributed by atoms with Crippen LogP contribution in [0.25, 0.3) is 11.1 Å². The second-order valence-electron chi connectivity index (χ2n) is 10.9. The van der Waals surface area contributed by atoms with Crippen molar-refractivity contribution in [2.45, 2.75) is 77.5 Å². The fourth-order valence-corrected chi connectivity index (χ4v) is 7.30. The number of ether oxygens (including phenoxy) is 2. The van der Waals surface area contributed by atoms with Gasteiger partial charge in [-0.1, -0.05) is 48.5 Å². The monoisotopic (exact) mass is 595 g/mol. The Hall–Kier alpha value is -3.14. The molecule has 1 fully saturated rings. The number of fused-ring (bicyclic) bond motifs is 3. The highest BCUT2D eigenvalue weighted by molar-refractivity contribution is 7.44. The Morgan fingerprint density at radius 2 is 1.76 bits per heavy atom. The van der Waals surface area contributed by atoms with Crippen molar-refractivity contribution >= 4 is 20.4 Å². The van der Waals surface area contributed by atoms with Gasteiger partial charge < -0.3 is 18.5 Å². The van der Waals surface area contributed by atoms with Crippen LogP contribution in [0.5, 0.6) is 0 Å². The van der Waals surface area contributed by atoms with Gasteiger partial charge in [-0.05, 0) is 62.9 Å². The normalized spacial score (nSPS) is 21.0. The van der Waals surface area contributed by atoms with E-state index < -0.39 is 38.7 Å². The summed E-state index contributed by atoms with van der Waals surface area (Å²) < 4.78 is 35.2. The van der Waals surface area contributed by atoms with Gasteiger partial charge in [0.05, 0.1) is 12.2 Å². The number of nitrogens with zero attached hydrogens (tertiary/aromatic N) is 3. The summed E-state index contributed by atoms with van der Waals surface area (Å²) in [5.74, 6) is -0.000200. The molecule has 4 atom stereocenters. The van der Waals surface area contributed by atoms with Crippen molar-refractivity contribution in [3.05, 3.63) is 82.4 Å². The number of aromatic nitrogens is 2. The Morgan fingerprint density at radius 3 is 2.33 bits per heavy atom. The number of benzene rings is 2. The van der Waals surface area contributed by atoms with Gasteiger partial charge in [0.1, 0.15) is 18.7 Å². The minimum Gasteiger partial charge on any atom is -0.448 e. The van der Waals surface area contributed by atoms with Crippen molar-refractivity contribution in [3.8, 4) is 11.1 Å². The summed E-state index contributed by atoms with van der Waals surface area (Å²) in [7, 11) is 0.229. The summed E-state index contributed by atoms with van der Waals surface area (Å²) in [6, 6.07) is 18.1. The molecule has 2 aromatic carbocycles. The number of amides is 1. The standard InChI is InChI=1S/C31H39N4O6P/c1-19(2)35(20(3)4)42(38-6)41-27-17-29(40-21(27)5)34-16-15-28(32-30(34)36)33-31(37)39-18-26-24-13-9-7-11-22(24)23-12-8-10-14-25(23)26/h7-16,19-21,26-27,29H,17-18H2,1-6H3,(H,32,33,36,37)/t21-,27?,29-,42?/m1/s1/i5D. The van der Waals surface area contributed by atoms with Crippen LogP contribution < -0.4 is 11.0 Å². The van der Waals surface area contributed by atoms with Crippen LogP contribution in [-0.2, 0) is 18.5 Å². The highest BCUT2D eigenvalue weighted by Crippen LogP contribution is 2.49. The number of rotatable bonds is 10. The molecule has 2 aliphatic rings. The molecule has 1 amide bonds. The summed E-state index contributed by atoms with van der Waals surface area (Å²) in [5.41, 5.74) is 3.92. The summed E-state index contributed by atoms with van der Waals surface area (Å²) in [4.78, 5) is 29.7. The van der Waals surface area contributed by atoms with E-state index in [4.69, 9.17) is 19.9 Å². The van der Waals surface area contributed by atoms with E-state index in [1.165, 1.54) is 16.8 Å². The highest BCUT2D eigenvalue weighted by Gasteiger charge is 2.39. The smallest absolute Gasteiger partial charge is 0.412 e. The fraction of sp³-hybridized carbons (Fsp3) is 0.452. The van der Waals surface area contributed by atoms with E-state index in [1.54, 1.807) is 7.11 Å². The molecule has 42 heavy (non-hydrogen) atoms. The molecule has 1 saturated heterocycles. The van der Waals surface area contributed by atoms with E-state index in [-0.39, 0.29) is 37.3 Å². The first-order valence-electron chi connectivity index (χ1n) is 14.9. The second kappa shape index (κ2) is 13.0. The summed E-state index contributed by atoms with van der Waals surface area (Å²) >= 11 is 0. The molecule has 224 valence electrons. The molecule has 0 spiro atoms. The molecule has 10 nitrogen and oxygen atoms in total. The first-order chi connectivity index (χ1) is 20.7. The average molecular weight is 596 g/mol. The molecule has 5 rings (SSSR count). The van der Waals surface area contributed by atoms with Gasteiger partial charge >= 0.3 is 11.8 Å². The van der Waals surface area contributed by atoms with E-state index >= 15 is 0 Å². The van der Waals surface area contributed by atoms with Crippen molar-refractivity contribution < 1.29 is 24.7 Å². The first-order valence-corrected chi connectivity index (χ1v) is 15.3. The lowest BCUT2D eigenvalue weighted by atomic mass is 9.98. The molecule has 3 aromatic rings. The summed E-state index contributed by atoms with van der Waals surface area (Å²) in [6.45, 7) is 8.45. The van der Waals surface area contributed by atoms with E-state index in [0.29, 0.717) is 6.42 Å². The van der Waals surface area contributed by atoms with Gasteiger partial charge in [0.25, 0.3) is 8.53 Å². The molecule has 0 saturated carbocycles. The van der Waals surface area contributed by atoms with Crippen LogP contribution in [0.3, 0.4) is 0 Å². The van der Waals surface area contributed by atoms with Crippen LogP contribution >= 0.6 is 8.53 Å². The molecule has 0 bridgehead atoms. The molecule has 2 unspecified atom stereocenters. The zero-order chi connectivity index (χ0) is 30.7. The third-order valence-electron chi connectivity index (χ3n) is 7.52. The van der Waals surface area contributed by atoms with Crippen LogP contribution in [0.4, 0.5) is 10.6 Å². The van der Waals surface area contributed by atoms with Gasteiger partial charge in [-0.15, -0.1) is 0 Å². The van der Waals surface area contributed by atoms with Crippen molar-refractivity contribution in [1.82, 2.24) is 14.2 Å². The maximum Gasteiger partial charge on any atom is 0.412 e. The largest absolute Gasteiger partial charge is 0.448 e. The van der Waals surface area contributed by atoms with E-state index in [1.807, 2.05) is 24.3 Å². The molecule has 1 aromatic heterocycles. The van der Waals surface area contributed by atoms with Crippen molar-refractivity contribution in [2.75, 3.05) is 19.0 Å². The van der Waals surface area contributed by atoms with Crippen LogP contribution in [0.15, 0.2) is 65.6 Å². The zero-order valence-corrected chi connectivity index (χ0v) is 25.5. The van der Waals surface area contributed by atoms with Crippen molar-refractivity contribution in [2.24, 2.45) is 0 Å². The Kier molecular flexibility index (Phi) is 8.97. The highest BCUT2D eigenvalue weighted by atomic mass is 31.2. The first kappa shape index (κ1) is 29.0. The second-order valence-corrected chi connectivity index (χ2v) is 12.5. The van der Waals surface area contributed by atoms with Crippen molar-refractivity contribution in [3.63, 3.8) is 0 Å². The Labute approximate surface area is 249 Å². The Balaban J connectivity index is 1.21. The van der Waals surface area contributed by atoms with Gasteiger partial charge in [0.15, 0.2) is 0 Å². The van der Waals surface area contributed by atoms with Crippen LogP contribution in [0, 0.1) is 0 Å². The molecule has 1 aliphatic heterocycles. The van der Waals surface area contributed by atoms with Gasteiger partial charge in [-0.2, -0.15) is 4.98 Å². The lowest BCUT2D eigenvalue weighted by Crippen LogP contribution is -2.35. The van der Waals surface area contributed by atoms with Crippen LogP contribution in [0.1, 0.15) is 65.7 Å². The quantitative estimate of drug-likeness (QED) is 0.273. The minimum atomic E-state index is -1.39. The maximum absolute atomic E-state index is 13.0. The third-order valence-corrected chi connectivity index (χ3v) is 9.59. The molecule has 0 radical (unpaired) electrons. The predicted molar refractivity (Wildman–Crippen MR) is 162 cm³/mol. The summed E-state index contributed by atoms with van der Waals surface area (Å²) in [5, 5.41) is 2.57. The average Bonchev–Trinajstić information content (AvgIpc) is 3.53. The molecule has 11 heteroatoms. The molecule has 2 heterocycles. The SMILES string of the molecule is [2H]C[C@H]1O[C@@H](n2ccc(NC(=O)OCC3c4ccccc4-c4ccccc43)nc2=O)CC1OP(OC)N(C(C)C)C(C)C. The Bertz CT molecular complexity index is 1430. The Morgan fingerprint density at radius 1 is 1.12 bits per heavy atom. The maximum atomic E-state index is 13.0. The van der Waals surface area contributed by atoms with Gasteiger partial charge in [0, 0.05) is 39.1 Å². The number of carbonyl (C=O) groups excluding carboxylic acids is 1. The number of hydrogen-bond donors (Lipinski definition) is 1. The van der Waals surface area contributed by atoms with E-state index in [9.17, 15) is 9.59 Å². The number of anilines is 1. The molecule has 1 aliphatic carbocycles. The van der Waals surface area contributed by atoms with Gasteiger partial charge in [-0.25, -0.2) is 14.3 Å². The van der Waals surface area contributed by atoms with Crippen LogP contribution in [-0.4, -0.2) is 58.3 Å².